The molecule has 0 saturated heterocycles. The average molecular weight is 302 g/mol. The van der Waals surface area contributed by atoms with E-state index < -0.39 is 5.41 Å². The van der Waals surface area contributed by atoms with Crippen LogP contribution in [0.1, 0.15) is 45.5 Å². The minimum absolute atomic E-state index is 0.0229. The molecule has 1 atom stereocenters. The standard InChI is InChI=1S/C16H22N4O2/c1-10(14-20-19-11(2)22-14)17-12-7-6-8-13(9-12)18-15(21)16(3,4)5/h6-10,17H,1-5H3,(H,18,21)/t10-/m1/s1. The summed E-state index contributed by atoms with van der Waals surface area (Å²) in [4.78, 5) is 12.0. The Hall–Kier alpha value is -2.37. The van der Waals surface area contributed by atoms with Gasteiger partial charge in [-0.15, -0.1) is 10.2 Å². The van der Waals surface area contributed by atoms with Crippen LogP contribution in [0.25, 0.3) is 0 Å². The predicted molar refractivity (Wildman–Crippen MR) is 85.6 cm³/mol. The molecule has 0 aliphatic heterocycles. The first-order valence-electron chi connectivity index (χ1n) is 7.24. The Labute approximate surface area is 130 Å². The molecule has 6 nitrogen and oxygen atoms in total. The number of benzene rings is 1. The lowest BCUT2D eigenvalue weighted by Gasteiger charge is -2.18. The fourth-order valence-corrected chi connectivity index (χ4v) is 1.80. The zero-order valence-corrected chi connectivity index (χ0v) is 13.6. The Morgan fingerprint density at radius 3 is 2.50 bits per heavy atom. The summed E-state index contributed by atoms with van der Waals surface area (Å²) in [5.74, 6) is 1.04. The van der Waals surface area contributed by atoms with Crippen molar-refractivity contribution in [2.75, 3.05) is 10.6 Å². The Kier molecular flexibility index (Phi) is 4.49. The van der Waals surface area contributed by atoms with Crippen LogP contribution in [0.15, 0.2) is 28.7 Å². The van der Waals surface area contributed by atoms with E-state index in [1.54, 1.807) is 6.92 Å². The van der Waals surface area contributed by atoms with E-state index in [4.69, 9.17) is 4.42 Å². The van der Waals surface area contributed by atoms with Crippen molar-refractivity contribution in [2.24, 2.45) is 5.41 Å². The summed E-state index contributed by atoms with van der Waals surface area (Å²) in [5, 5.41) is 14.0. The fourth-order valence-electron chi connectivity index (χ4n) is 1.80. The summed E-state index contributed by atoms with van der Waals surface area (Å²) in [5.41, 5.74) is 1.19. The van der Waals surface area contributed by atoms with E-state index in [0.717, 1.165) is 11.4 Å². The van der Waals surface area contributed by atoms with E-state index in [2.05, 4.69) is 20.8 Å². The lowest BCUT2D eigenvalue weighted by atomic mass is 9.95. The molecule has 2 rings (SSSR count). The van der Waals surface area contributed by atoms with Gasteiger partial charge in [-0.1, -0.05) is 26.8 Å². The van der Waals surface area contributed by atoms with Gasteiger partial charge in [0.15, 0.2) is 0 Å². The number of aryl methyl sites for hydroxylation is 1. The lowest BCUT2D eigenvalue weighted by molar-refractivity contribution is -0.123. The first-order valence-corrected chi connectivity index (χ1v) is 7.24. The van der Waals surface area contributed by atoms with E-state index in [9.17, 15) is 4.79 Å². The minimum Gasteiger partial charge on any atom is -0.423 e. The molecule has 0 aliphatic carbocycles. The molecule has 0 bridgehead atoms. The van der Waals surface area contributed by atoms with E-state index in [1.165, 1.54) is 0 Å². The molecule has 2 aromatic rings. The lowest BCUT2D eigenvalue weighted by Crippen LogP contribution is -2.27. The molecule has 0 spiro atoms. The summed E-state index contributed by atoms with van der Waals surface area (Å²) in [6.07, 6.45) is 0. The Morgan fingerprint density at radius 2 is 1.91 bits per heavy atom. The predicted octanol–water partition coefficient (Wildman–Crippen LogP) is 3.54. The zero-order chi connectivity index (χ0) is 16.3. The summed E-state index contributed by atoms with van der Waals surface area (Å²) >= 11 is 0. The largest absolute Gasteiger partial charge is 0.423 e. The number of hydrogen-bond acceptors (Lipinski definition) is 5. The van der Waals surface area contributed by atoms with Crippen LogP contribution in [0.4, 0.5) is 11.4 Å². The first-order chi connectivity index (χ1) is 10.3. The van der Waals surface area contributed by atoms with E-state index in [-0.39, 0.29) is 11.9 Å². The minimum atomic E-state index is -0.433. The summed E-state index contributed by atoms with van der Waals surface area (Å²) < 4.78 is 5.40. The second-order valence-corrected chi connectivity index (χ2v) is 6.31. The van der Waals surface area contributed by atoms with Gasteiger partial charge < -0.3 is 15.1 Å². The van der Waals surface area contributed by atoms with Crippen LogP contribution >= 0.6 is 0 Å². The highest BCUT2D eigenvalue weighted by molar-refractivity contribution is 5.94. The first kappa shape index (κ1) is 16.0. The van der Waals surface area contributed by atoms with E-state index in [1.807, 2.05) is 52.0 Å². The molecule has 1 aromatic carbocycles. The number of hydrogen-bond donors (Lipinski definition) is 2. The molecule has 6 heteroatoms. The van der Waals surface area contributed by atoms with Gasteiger partial charge in [0, 0.05) is 23.7 Å². The van der Waals surface area contributed by atoms with Crippen LogP contribution in [-0.4, -0.2) is 16.1 Å². The van der Waals surface area contributed by atoms with Crippen LogP contribution < -0.4 is 10.6 Å². The highest BCUT2D eigenvalue weighted by Crippen LogP contribution is 2.23. The van der Waals surface area contributed by atoms with Crippen LogP contribution in [0.3, 0.4) is 0 Å². The average Bonchev–Trinajstić information content (AvgIpc) is 2.85. The molecule has 1 heterocycles. The van der Waals surface area contributed by atoms with Crippen LogP contribution in [0, 0.1) is 12.3 Å². The number of nitrogens with one attached hydrogen (secondary N) is 2. The van der Waals surface area contributed by atoms with Gasteiger partial charge in [-0.05, 0) is 25.1 Å². The molecular formula is C16H22N4O2. The van der Waals surface area contributed by atoms with Crippen molar-refractivity contribution in [3.63, 3.8) is 0 Å². The van der Waals surface area contributed by atoms with Gasteiger partial charge in [0.1, 0.15) is 6.04 Å². The number of rotatable bonds is 4. The summed E-state index contributed by atoms with van der Waals surface area (Å²) in [6.45, 7) is 9.33. The SMILES string of the molecule is Cc1nnc([C@@H](C)Nc2cccc(NC(=O)C(C)(C)C)c2)o1. The van der Waals surface area contributed by atoms with Crippen molar-refractivity contribution in [3.8, 4) is 0 Å². The number of carbonyl (C=O) groups excluding carboxylic acids is 1. The van der Waals surface area contributed by atoms with E-state index in [0.29, 0.717) is 11.8 Å². The molecule has 0 fully saturated rings. The number of amides is 1. The van der Waals surface area contributed by atoms with Crippen LogP contribution in [0.2, 0.25) is 0 Å². The maximum absolute atomic E-state index is 12.0. The molecule has 0 aliphatic rings. The van der Waals surface area contributed by atoms with Gasteiger partial charge in [0.05, 0.1) is 0 Å². The van der Waals surface area contributed by atoms with Gasteiger partial charge in [0.2, 0.25) is 17.7 Å². The fraction of sp³-hybridized carbons (Fsp3) is 0.438. The van der Waals surface area contributed by atoms with Gasteiger partial charge >= 0.3 is 0 Å². The molecule has 22 heavy (non-hydrogen) atoms. The third kappa shape index (κ3) is 4.07. The molecule has 2 N–H and O–H groups in total. The van der Waals surface area contributed by atoms with Crippen molar-refractivity contribution in [3.05, 3.63) is 36.0 Å². The normalized spacial score (nSPS) is 12.8. The maximum atomic E-state index is 12.0. The molecule has 1 amide bonds. The Balaban J connectivity index is 2.07. The summed E-state index contributed by atoms with van der Waals surface area (Å²) in [6, 6.07) is 7.42. The number of carbonyl (C=O) groups is 1. The third-order valence-electron chi connectivity index (χ3n) is 3.10. The monoisotopic (exact) mass is 302 g/mol. The summed E-state index contributed by atoms with van der Waals surface area (Å²) in [7, 11) is 0. The molecule has 1 aromatic heterocycles. The third-order valence-corrected chi connectivity index (χ3v) is 3.10. The zero-order valence-electron chi connectivity index (χ0n) is 13.6. The maximum Gasteiger partial charge on any atom is 0.238 e. The molecular weight excluding hydrogens is 280 g/mol. The highest BCUT2D eigenvalue weighted by atomic mass is 16.4. The quantitative estimate of drug-likeness (QED) is 0.903. The second kappa shape index (κ2) is 6.17. The van der Waals surface area contributed by atoms with Gasteiger partial charge in [-0.25, -0.2) is 0 Å². The molecule has 0 unspecified atom stereocenters. The van der Waals surface area contributed by atoms with Crippen molar-refractivity contribution in [2.45, 2.75) is 40.7 Å². The number of nitrogens with zero attached hydrogens (tertiary/aromatic N) is 2. The van der Waals surface area contributed by atoms with Crippen molar-refractivity contribution in [1.29, 1.82) is 0 Å². The van der Waals surface area contributed by atoms with E-state index >= 15 is 0 Å². The van der Waals surface area contributed by atoms with Gasteiger partial charge in [0.25, 0.3) is 0 Å². The van der Waals surface area contributed by atoms with Crippen LogP contribution in [-0.2, 0) is 4.79 Å². The topological polar surface area (TPSA) is 80.0 Å². The smallest absolute Gasteiger partial charge is 0.238 e. The Bertz CT molecular complexity index is 658. The molecule has 0 saturated carbocycles. The van der Waals surface area contributed by atoms with Gasteiger partial charge in [-0.3, -0.25) is 4.79 Å². The van der Waals surface area contributed by atoms with Crippen molar-refractivity contribution in [1.82, 2.24) is 10.2 Å². The molecule has 0 radical (unpaired) electrons. The second-order valence-electron chi connectivity index (χ2n) is 6.31. The van der Waals surface area contributed by atoms with Crippen LogP contribution in [0.5, 0.6) is 0 Å². The van der Waals surface area contributed by atoms with Crippen molar-refractivity contribution >= 4 is 17.3 Å². The Morgan fingerprint density at radius 1 is 1.23 bits per heavy atom. The number of anilines is 2. The van der Waals surface area contributed by atoms with Gasteiger partial charge in [-0.2, -0.15) is 0 Å². The highest BCUT2D eigenvalue weighted by Gasteiger charge is 2.21. The number of aromatic nitrogens is 2. The van der Waals surface area contributed by atoms with Crippen molar-refractivity contribution < 1.29 is 9.21 Å². The molecule has 118 valence electrons.